The van der Waals surface area contributed by atoms with Gasteiger partial charge in [-0.15, -0.1) is 0 Å². The molecule has 1 fully saturated rings. The number of hydrogen-bond acceptors (Lipinski definition) is 3. The number of hydrogen-bond donors (Lipinski definition) is 1. The molecule has 1 aliphatic rings. The summed E-state index contributed by atoms with van der Waals surface area (Å²) in [4.78, 5) is 2.89. The predicted octanol–water partition coefficient (Wildman–Crippen LogP) is 2.29. The number of thiocarbonyl (C=S) groups is 1. The average molecular weight is 278 g/mol. The molecule has 0 bridgehead atoms. The van der Waals surface area contributed by atoms with Crippen molar-refractivity contribution < 1.29 is 4.74 Å². The summed E-state index contributed by atoms with van der Waals surface area (Å²) in [5.74, 6) is 2.47. The fraction of sp³-hybridized carbons (Fsp3) is 0.533. The molecule has 104 valence electrons. The van der Waals surface area contributed by atoms with Crippen molar-refractivity contribution in [1.82, 2.24) is 4.90 Å². The molecule has 1 saturated heterocycles. The summed E-state index contributed by atoms with van der Waals surface area (Å²) in [6.07, 6.45) is 0. The highest BCUT2D eigenvalue weighted by Gasteiger charge is 2.25. The van der Waals surface area contributed by atoms with E-state index in [2.05, 4.69) is 18.7 Å². The van der Waals surface area contributed by atoms with Crippen molar-refractivity contribution in [1.29, 1.82) is 0 Å². The summed E-state index contributed by atoms with van der Waals surface area (Å²) in [7, 11) is 0. The van der Waals surface area contributed by atoms with Crippen molar-refractivity contribution in [2.75, 3.05) is 26.2 Å². The lowest BCUT2D eigenvalue weighted by atomic mass is 10.0. The molecule has 0 aromatic heterocycles. The molecule has 2 unspecified atom stereocenters. The maximum absolute atomic E-state index is 5.75. The van der Waals surface area contributed by atoms with Crippen molar-refractivity contribution in [3.8, 4) is 5.75 Å². The zero-order valence-corrected chi connectivity index (χ0v) is 12.5. The molecule has 1 aromatic carbocycles. The van der Waals surface area contributed by atoms with Gasteiger partial charge in [0, 0.05) is 25.2 Å². The Bertz CT molecular complexity index is 422. The molecule has 0 spiro atoms. The molecule has 4 heteroatoms. The van der Waals surface area contributed by atoms with Crippen molar-refractivity contribution in [3.63, 3.8) is 0 Å². The van der Waals surface area contributed by atoms with E-state index in [0.29, 0.717) is 4.99 Å². The van der Waals surface area contributed by atoms with Gasteiger partial charge in [0.05, 0.1) is 0 Å². The highest BCUT2D eigenvalue weighted by Crippen LogP contribution is 2.21. The summed E-state index contributed by atoms with van der Waals surface area (Å²) >= 11 is 4.92. The molecule has 0 saturated carbocycles. The van der Waals surface area contributed by atoms with Gasteiger partial charge in [0.25, 0.3) is 0 Å². The van der Waals surface area contributed by atoms with E-state index >= 15 is 0 Å². The molecular formula is C15H22N2OS. The molecule has 2 atom stereocenters. The molecule has 1 aliphatic heterocycles. The SMILES string of the molecule is CC1CN(CCOc2ccc(C(N)=S)cc2)CC1C. The van der Waals surface area contributed by atoms with Crippen LogP contribution in [-0.4, -0.2) is 36.1 Å². The third-order valence-electron chi connectivity index (χ3n) is 3.88. The zero-order chi connectivity index (χ0) is 13.8. The lowest BCUT2D eigenvalue weighted by Crippen LogP contribution is -2.26. The van der Waals surface area contributed by atoms with Crippen LogP contribution in [0.3, 0.4) is 0 Å². The van der Waals surface area contributed by atoms with Gasteiger partial charge < -0.3 is 10.5 Å². The zero-order valence-electron chi connectivity index (χ0n) is 11.6. The Morgan fingerprint density at radius 1 is 1.26 bits per heavy atom. The van der Waals surface area contributed by atoms with E-state index in [4.69, 9.17) is 22.7 Å². The van der Waals surface area contributed by atoms with Crippen LogP contribution < -0.4 is 10.5 Å². The van der Waals surface area contributed by atoms with E-state index in [-0.39, 0.29) is 0 Å². The molecule has 0 amide bonds. The molecule has 1 aromatic rings. The van der Waals surface area contributed by atoms with Crippen LogP contribution in [0.2, 0.25) is 0 Å². The van der Waals surface area contributed by atoms with Gasteiger partial charge in [0.2, 0.25) is 0 Å². The topological polar surface area (TPSA) is 38.5 Å². The van der Waals surface area contributed by atoms with Crippen LogP contribution in [0, 0.1) is 11.8 Å². The number of likely N-dealkylation sites (tertiary alicyclic amines) is 1. The van der Waals surface area contributed by atoms with Gasteiger partial charge in [-0.3, -0.25) is 4.90 Å². The lowest BCUT2D eigenvalue weighted by Gasteiger charge is -2.15. The fourth-order valence-corrected chi connectivity index (χ4v) is 2.58. The van der Waals surface area contributed by atoms with Gasteiger partial charge in [0.15, 0.2) is 0 Å². The summed E-state index contributed by atoms with van der Waals surface area (Å²) in [5.41, 5.74) is 6.44. The third-order valence-corrected chi connectivity index (χ3v) is 4.11. The number of ether oxygens (including phenoxy) is 1. The second-order valence-electron chi connectivity index (χ2n) is 5.45. The van der Waals surface area contributed by atoms with Crippen LogP contribution in [-0.2, 0) is 0 Å². The monoisotopic (exact) mass is 278 g/mol. The Morgan fingerprint density at radius 3 is 2.37 bits per heavy atom. The standard InChI is InChI=1S/C15H22N2OS/c1-11-9-17(10-12(11)2)7-8-18-14-5-3-13(4-6-14)15(16)19/h3-6,11-12H,7-10H2,1-2H3,(H2,16,19). The molecule has 19 heavy (non-hydrogen) atoms. The number of rotatable bonds is 5. The largest absolute Gasteiger partial charge is 0.492 e. The first-order chi connectivity index (χ1) is 9.06. The minimum Gasteiger partial charge on any atom is -0.492 e. The summed E-state index contributed by atoms with van der Waals surface area (Å²) in [6.45, 7) is 8.73. The first-order valence-corrected chi connectivity index (χ1v) is 7.22. The summed E-state index contributed by atoms with van der Waals surface area (Å²) < 4.78 is 5.75. The normalized spacial score (nSPS) is 23.5. The van der Waals surface area contributed by atoms with E-state index in [1.54, 1.807) is 0 Å². The van der Waals surface area contributed by atoms with Crippen molar-refractivity contribution in [2.24, 2.45) is 17.6 Å². The van der Waals surface area contributed by atoms with Crippen LogP contribution in [0.5, 0.6) is 5.75 Å². The van der Waals surface area contributed by atoms with Gasteiger partial charge in [-0.25, -0.2) is 0 Å². The molecule has 1 heterocycles. The van der Waals surface area contributed by atoms with Crippen LogP contribution in [0.1, 0.15) is 19.4 Å². The molecular weight excluding hydrogens is 256 g/mol. The summed E-state index contributed by atoms with van der Waals surface area (Å²) in [5, 5.41) is 0. The fourth-order valence-electron chi connectivity index (χ4n) is 2.44. The quantitative estimate of drug-likeness (QED) is 0.839. The van der Waals surface area contributed by atoms with Crippen LogP contribution in [0.4, 0.5) is 0 Å². The smallest absolute Gasteiger partial charge is 0.119 e. The summed E-state index contributed by atoms with van der Waals surface area (Å²) in [6, 6.07) is 7.64. The minimum atomic E-state index is 0.423. The minimum absolute atomic E-state index is 0.423. The Balaban J connectivity index is 1.75. The molecule has 3 nitrogen and oxygen atoms in total. The van der Waals surface area contributed by atoms with E-state index in [0.717, 1.165) is 36.3 Å². The van der Waals surface area contributed by atoms with Crippen LogP contribution >= 0.6 is 12.2 Å². The van der Waals surface area contributed by atoms with E-state index < -0.39 is 0 Å². The number of nitrogens with zero attached hydrogens (tertiary/aromatic N) is 1. The van der Waals surface area contributed by atoms with Crippen molar-refractivity contribution >= 4 is 17.2 Å². The van der Waals surface area contributed by atoms with Crippen LogP contribution in [0.15, 0.2) is 24.3 Å². The maximum Gasteiger partial charge on any atom is 0.119 e. The van der Waals surface area contributed by atoms with Gasteiger partial charge in [-0.1, -0.05) is 26.1 Å². The Labute approximate surface area is 120 Å². The predicted molar refractivity (Wildman–Crippen MR) is 82.6 cm³/mol. The van der Waals surface area contributed by atoms with E-state index in [1.807, 2.05) is 24.3 Å². The Morgan fingerprint density at radius 2 is 1.84 bits per heavy atom. The highest BCUT2D eigenvalue weighted by atomic mass is 32.1. The van der Waals surface area contributed by atoms with Crippen molar-refractivity contribution in [3.05, 3.63) is 29.8 Å². The third kappa shape index (κ3) is 3.91. The second kappa shape index (κ2) is 6.35. The highest BCUT2D eigenvalue weighted by molar-refractivity contribution is 7.80. The average Bonchev–Trinajstić information content (AvgIpc) is 2.69. The first-order valence-electron chi connectivity index (χ1n) is 6.81. The van der Waals surface area contributed by atoms with Gasteiger partial charge in [-0.2, -0.15) is 0 Å². The Hall–Kier alpha value is -1.13. The first kappa shape index (κ1) is 14.3. The van der Waals surface area contributed by atoms with E-state index in [9.17, 15) is 0 Å². The number of benzene rings is 1. The maximum atomic E-state index is 5.75. The molecule has 0 aliphatic carbocycles. The number of nitrogens with two attached hydrogens (primary N) is 1. The van der Waals surface area contributed by atoms with Gasteiger partial charge in [0.1, 0.15) is 17.3 Å². The van der Waals surface area contributed by atoms with Gasteiger partial charge in [-0.05, 0) is 36.1 Å². The van der Waals surface area contributed by atoms with E-state index in [1.165, 1.54) is 13.1 Å². The molecule has 2 rings (SSSR count). The van der Waals surface area contributed by atoms with Gasteiger partial charge >= 0.3 is 0 Å². The lowest BCUT2D eigenvalue weighted by molar-refractivity contribution is 0.232. The van der Waals surface area contributed by atoms with Crippen molar-refractivity contribution in [2.45, 2.75) is 13.8 Å². The Kier molecular flexibility index (Phi) is 4.77. The molecule has 0 radical (unpaired) electrons. The second-order valence-corrected chi connectivity index (χ2v) is 5.89. The van der Waals surface area contributed by atoms with Crippen LogP contribution in [0.25, 0.3) is 0 Å². The molecule has 2 N–H and O–H groups in total.